The molecular weight excluding hydrogens is 348 g/mol. The maximum absolute atomic E-state index is 11.0. The van der Waals surface area contributed by atoms with Crippen molar-refractivity contribution >= 4 is 22.2 Å². The second-order valence-electron chi connectivity index (χ2n) is 6.53. The number of hydrogen-bond acceptors (Lipinski definition) is 6. The van der Waals surface area contributed by atoms with Crippen molar-refractivity contribution in [3.63, 3.8) is 0 Å². The Hall–Kier alpha value is -2.22. The van der Waals surface area contributed by atoms with Crippen molar-refractivity contribution in [3.8, 4) is 0 Å². The topological polar surface area (TPSA) is 56.2 Å². The molecule has 26 heavy (non-hydrogen) atoms. The van der Waals surface area contributed by atoms with Gasteiger partial charge in [0.2, 0.25) is 0 Å². The van der Waals surface area contributed by atoms with Crippen molar-refractivity contribution in [1.82, 2.24) is 14.9 Å². The molecule has 0 saturated carbocycles. The van der Waals surface area contributed by atoms with Gasteiger partial charge >= 0.3 is 0 Å². The molecular formula is C19H22N4O2S. The Morgan fingerprint density at radius 3 is 2.31 bits per heavy atom. The standard InChI is InChI=1S/C19H22N4O2S/c24-26(25)15-21-10-12-22(13-11-21)23-14-17-8-4-5-9-18(17)20-19(23)16-6-2-1-3-7-16/h1-9,26H,10-15H2. The molecule has 2 heterocycles. The predicted molar refractivity (Wildman–Crippen MR) is 103 cm³/mol. The molecule has 0 spiro atoms. The van der Waals surface area contributed by atoms with Crippen LogP contribution in [0, 0.1) is 0 Å². The minimum atomic E-state index is -2.36. The van der Waals surface area contributed by atoms with E-state index in [9.17, 15) is 8.42 Å². The van der Waals surface area contributed by atoms with Crippen LogP contribution in [0.15, 0.2) is 59.6 Å². The summed E-state index contributed by atoms with van der Waals surface area (Å²) in [6.07, 6.45) is 0. The zero-order valence-corrected chi connectivity index (χ0v) is 15.4. The lowest BCUT2D eigenvalue weighted by atomic mass is 10.1. The van der Waals surface area contributed by atoms with Gasteiger partial charge in [-0.25, -0.2) is 18.4 Å². The highest BCUT2D eigenvalue weighted by atomic mass is 32.2. The van der Waals surface area contributed by atoms with Crippen LogP contribution in [0.25, 0.3) is 0 Å². The third-order valence-corrected chi connectivity index (χ3v) is 5.45. The Kier molecular flexibility index (Phi) is 5.01. The highest BCUT2D eigenvalue weighted by Gasteiger charge is 2.28. The lowest BCUT2D eigenvalue weighted by molar-refractivity contribution is -0.00522. The summed E-state index contributed by atoms with van der Waals surface area (Å²) in [5.41, 5.74) is 3.31. The second-order valence-corrected chi connectivity index (χ2v) is 7.48. The lowest BCUT2D eigenvalue weighted by Gasteiger charge is -2.43. The van der Waals surface area contributed by atoms with Crippen LogP contribution in [0.2, 0.25) is 0 Å². The van der Waals surface area contributed by atoms with Crippen molar-refractivity contribution in [1.29, 1.82) is 0 Å². The van der Waals surface area contributed by atoms with E-state index in [0.717, 1.165) is 49.8 Å². The number of aliphatic imine (C=N–C) groups is 1. The summed E-state index contributed by atoms with van der Waals surface area (Å²) in [5, 5.41) is 4.53. The Balaban J connectivity index is 1.60. The highest BCUT2D eigenvalue weighted by Crippen LogP contribution is 2.29. The van der Waals surface area contributed by atoms with E-state index in [1.807, 2.05) is 35.2 Å². The van der Waals surface area contributed by atoms with Crippen LogP contribution in [0.5, 0.6) is 0 Å². The number of hydrogen-bond donors (Lipinski definition) is 1. The number of para-hydroxylation sites is 1. The summed E-state index contributed by atoms with van der Waals surface area (Å²) in [6, 6.07) is 18.5. The molecule has 4 rings (SSSR count). The van der Waals surface area contributed by atoms with Crippen LogP contribution < -0.4 is 0 Å². The molecule has 2 aliphatic rings. The molecule has 0 radical (unpaired) electrons. The van der Waals surface area contributed by atoms with E-state index in [1.54, 1.807) is 0 Å². The molecule has 6 nitrogen and oxygen atoms in total. The van der Waals surface area contributed by atoms with E-state index in [2.05, 4.69) is 34.3 Å². The minimum Gasteiger partial charge on any atom is -0.287 e. The van der Waals surface area contributed by atoms with Crippen molar-refractivity contribution in [2.75, 3.05) is 32.1 Å². The van der Waals surface area contributed by atoms with E-state index in [1.165, 1.54) is 5.56 Å². The first-order valence-corrected chi connectivity index (χ1v) is 10.2. The molecule has 1 fully saturated rings. The fraction of sp³-hybridized carbons (Fsp3) is 0.316. The number of rotatable bonds is 4. The largest absolute Gasteiger partial charge is 0.287 e. The monoisotopic (exact) mass is 370 g/mol. The van der Waals surface area contributed by atoms with E-state index in [-0.39, 0.29) is 5.88 Å². The molecule has 2 aromatic carbocycles. The van der Waals surface area contributed by atoms with Gasteiger partial charge in [0.15, 0.2) is 16.5 Å². The van der Waals surface area contributed by atoms with Gasteiger partial charge in [0, 0.05) is 31.7 Å². The average molecular weight is 370 g/mol. The summed E-state index contributed by atoms with van der Waals surface area (Å²) < 4.78 is 22.0. The number of fused-ring (bicyclic) bond motifs is 1. The SMILES string of the molecule is O=[SH](=O)CN1CCN(N2Cc3ccccc3N=C2c2ccccc2)CC1. The van der Waals surface area contributed by atoms with Gasteiger partial charge in [0.05, 0.1) is 18.1 Å². The molecule has 0 N–H and O–H groups in total. The number of hydrazine groups is 1. The van der Waals surface area contributed by atoms with E-state index in [0.29, 0.717) is 0 Å². The molecule has 0 bridgehead atoms. The number of nitrogens with zero attached hydrogens (tertiary/aromatic N) is 4. The maximum Gasteiger partial charge on any atom is 0.153 e. The fourth-order valence-corrected chi connectivity index (χ4v) is 4.09. The minimum absolute atomic E-state index is 0.144. The van der Waals surface area contributed by atoms with Crippen LogP contribution in [0.1, 0.15) is 11.1 Å². The zero-order valence-electron chi connectivity index (χ0n) is 14.5. The second kappa shape index (κ2) is 7.57. The number of benzene rings is 2. The van der Waals surface area contributed by atoms with Gasteiger partial charge in [-0.1, -0.05) is 48.5 Å². The quantitative estimate of drug-likeness (QED) is 0.830. The first-order chi connectivity index (χ1) is 12.7. The molecule has 0 aliphatic carbocycles. The van der Waals surface area contributed by atoms with Gasteiger partial charge in [-0.3, -0.25) is 9.91 Å². The van der Waals surface area contributed by atoms with E-state index >= 15 is 0 Å². The van der Waals surface area contributed by atoms with Gasteiger partial charge in [-0.2, -0.15) is 0 Å². The molecule has 136 valence electrons. The Labute approximate surface area is 155 Å². The average Bonchev–Trinajstić information content (AvgIpc) is 2.68. The summed E-state index contributed by atoms with van der Waals surface area (Å²) in [4.78, 5) is 6.92. The van der Waals surface area contributed by atoms with Crippen LogP contribution >= 0.6 is 0 Å². The lowest BCUT2D eigenvalue weighted by Crippen LogP contribution is -2.56. The molecule has 2 aliphatic heterocycles. The normalized spacial score (nSPS) is 18.7. The number of amidine groups is 1. The first kappa shape index (κ1) is 17.2. The molecule has 1 saturated heterocycles. The third-order valence-electron chi connectivity index (χ3n) is 4.82. The smallest absolute Gasteiger partial charge is 0.153 e. The molecule has 7 heteroatoms. The Morgan fingerprint density at radius 2 is 1.58 bits per heavy atom. The molecule has 2 aromatic rings. The Bertz CT molecular complexity index is 866. The first-order valence-electron chi connectivity index (χ1n) is 8.79. The van der Waals surface area contributed by atoms with Crippen LogP contribution in [0.4, 0.5) is 5.69 Å². The van der Waals surface area contributed by atoms with Crippen LogP contribution in [0.3, 0.4) is 0 Å². The van der Waals surface area contributed by atoms with E-state index < -0.39 is 10.7 Å². The fourth-order valence-electron chi connectivity index (χ4n) is 3.48. The summed E-state index contributed by atoms with van der Waals surface area (Å²) >= 11 is 0. The number of piperazine rings is 1. The van der Waals surface area contributed by atoms with Crippen molar-refractivity contribution < 1.29 is 8.42 Å². The van der Waals surface area contributed by atoms with Gasteiger partial charge in [0.25, 0.3) is 0 Å². The third kappa shape index (κ3) is 3.65. The molecule has 0 aromatic heterocycles. The molecule has 0 unspecified atom stereocenters. The number of thiol groups is 1. The Morgan fingerprint density at radius 1 is 0.885 bits per heavy atom. The van der Waals surface area contributed by atoms with Crippen molar-refractivity contribution in [3.05, 3.63) is 65.7 Å². The molecule has 0 amide bonds. The van der Waals surface area contributed by atoms with Gasteiger partial charge in [0.1, 0.15) is 0 Å². The summed E-state index contributed by atoms with van der Waals surface area (Å²) in [6.45, 7) is 3.83. The predicted octanol–water partition coefficient (Wildman–Crippen LogP) is 1.68. The van der Waals surface area contributed by atoms with Gasteiger partial charge in [-0.05, 0) is 11.6 Å². The molecule has 0 atom stereocenters. The van der Waals surface area contributed by atoms with Crippen LogP contribution in [-0.4, -0.2) is 61.2 Å². The zero-order chi connectivity index (χ0) is 17.9. The maximum atomic E-state index is 11.0. The van der Waals surface area contributed by atoms with Crippen molar-refractivity contribution in [2.45, 2.75) is 6.54 Å². The summed E-state index contributed by atoms with van der Waals surface area (Å²) in [5.74, 6) is 1.10. The summed E-state index contributed by atoms with van der Waals surface area (Å²) in [7, 11) is -2.36. The van der Waals surface area contributed by atoms with Crippen LogP contribution in [-0.2, 0) is 17.2 Å². The van der Waals surface area contributed by atoms with Crippen molar-refractivity contribution in [2.24, 2.45) is 4.99 Å². The van der Waals surface area contributed by atoms with Gasteiger partial charge in [-0.15, -0.1) is 0 Å². The van der Waals surface area contributed by atoms with E-state index in [4.69, 9.17) is 4.99 Å². The van der Waals surface area contributed by atoms with Gasteiger partial charge < -0.3 is 0 Å². The highest BCUT2D eigenvalue weighted by molar-refractivity contribution is 7.72.